The molecule has 0 amide bonds. The molecule has 6 heteroatoms. The smallest absolute Gasteiger partial charge is 0.270 e. The summed E-state index contributed by atoms with van der Waals surface area (Å²) in [6.07, 6.45) is 4.55. The Balaban J connectivity index is 2.01. The van der Waals surface area contributed by atoms with Crippen LogP contribution < -0.4 is 5.09 Å². The minimum atomic E-state index is -3.05. The highest BCUT2D eigenvalue weighted by atomic mass is 31.2. The lowest BCUT2D eigenvalue weighted by Crippen LogP contribution is -2.43. The van der Waals surface area contributed by atoms with E-state index in [0.29, 0.717) is 12.1 Å². The van der Waals surface area contributed by atoms with E-state index in [4.69, 9.17) is 0 Å². The Kier molecular flexibility index (Phi) is 5.89. The van der Waals surface area contributed by atoms with E-state index in [0.717, 1.165) is 18.4 Å². The second-order valence-corrected chi connectivity index (χ2v) is 10.3. The van der Waals surface area contributed by atoms with Gasteiger partial charge in [0.05, 0.1) is 6.07 Å². The molecule has 1 N–H and O–H groups in total. The van der Waals surface area contributed by atoms with E-state index in [1.54, 1.807) is 0 Å². The summed E-state index contributed by atoms with van der Waals surface area (Å²) in [5.41, 5.74) is 0.868. The molecule has 1 aromatic rings. The SMILES string of the molecule is CC(C)N1[C@@H]2CCCC[C@H]2N(C(C)C)P1(=O)N[C@H](C#N)c1ccccc1. The number of nitrogens with one attached hydrogen (secondary N) is 1. The maximum Gasteiger partial charge on any atom is 0.286 e. The fourth-order valence-electron chi connectivity index (χ4n) is 4.75. The molecule has 1 heterocycles. The quantitative estimate of drug-likeness (QED) is 0.758. The fraction of sp³-hybridized carbons (Fsp3) is 0.650. The number of nitriles is 1. The largest absolute Gasteiger partial charge is 0.286 e. The van der Waals surface area contributed by atoms with Crippen LogP contribution in [0.15, 0.2) is 30.3 Å². The van der Waals surface area contributed by atoms with Crippen molar-refractivity contribution in [3.05, 3.63) is 35.9 Å². The molecule has 142 valence electrons. The molecule has 5 nitrogen and oxygen atoms in total. The van der Waals surface area contributed by atoms with Gasteiger partial charge >= 0.3 is 0 Å². The number of nitrogens with zero attached hydrogens (tertiary/aromatic N) is 3. The number of hydrogen-bond donors (Lipinski definition) is 1. The summed E-state index contributed by atoms with van der Waals surface area (Å²) in [5, 5.41) is 13.1. The fourth-order valence-corrected chi connectivity index (χ4v) is 8.39. The third-order valence-electron chi connectivity index (χ3n) is 5.62. The molecule has 26 heavy (non-hydrogen) atoms. The van der Waals surface area contributed by atoms with Crippen LogP contribution >= 0.6 is 7.59 Å². The van der Waals surface area contributed by atoms with Crippen LogP contribution in [0.2, 0.25) is 0 Å². The first-order chi connectivity index (χ1) is 12.4. The van der Waals surface area contributed by atoms with Crippen LogP contribution in [0.25, 0.3) is 0 Å². The van der Waals surface area contributed by atoms with Crippen LogP contribution in [0.1, 0.15) is 65.0 Å². The van der Waals surface area contributed by atoms with Crippen molar-refractivity contribution >= 4 is 7.59 Å². The maximum absolute atomic E-state index is 14.5. The Labute approximate surface area is 157 Å². The Morgan fingerprint density at radius 3 is 1.96 bits per heavy atom. The number of rotatable bonds is 5. The van der Waals surface area contributed by atoms with Crippen LogP contribution in [-0.2, 0) is 4.57 Å². The molecule has 1 aliphatic carbocycles. The summed E-state index contributed by atoms with van der Waals surface area (Å²) >= 11 is 0. The molecule has 3 atom stereocenters. The van der Waals surface area contributed by atoms with Crippen molar-refractivity contribution in [1.82, 2.24) is 14.4 Å². The van der Waals surface area contributed by atoms with E-state index in [-0.39, 0.29) is 12.1 Å². The molecule has 0 aromatic heterocycles. The van der Waals surface area contributed by atoms with Gasteiger partial charge in [0.15, 0.2) is 0 Å². The average molecular weight is 374 g/mol. The first-order valence-corrected chi connectivity index (χ1v) is 11.4. The summed E-state index contributed by atoms with van der Waals surface area (Å²) in [5.74, 6) is 0. The van der Waals surface area contributed by atoms with Gasteiger partial charge in [0.1, 0.15) is 6.04 Å². The third-order valence-corrected chi connectivity index (χ3v) is 8.98. The molecule has 0 bridgehead atoms. The van der Waals surface area contributed by atoms with Gasteiger partial charge < -0.3 is 0 Å². The van der Waals surface area contributed by atoms with E-state index >= 15 is 0 Å². The molecule has 1 aromatic carbocycles. The van der Waals surface area contributed by atoms with E-state index in [2.05, 4.69) is 48.2 Å². The molecule has 1 saturated carbocycles. The van der Waals surface area contributed by atoms with Crippen molar-refractivity contribution in [2.75, 3.05) is 0 Å². The van der Waals surface area contributed by atoms with E-state index in [9.17, 15) is 9.83 Å². The molecule has 1 aliphatic heterocycles. The molecular formula is C20H31N4OP. The second kappa shape index (κ2) is 7.82. The van der Waals surface area contributed by atoms with Gasteiger partial charge in [-0.05, 0) is 46.1 Å². The highest BCUT2D eigenvalue weighted by Gasteiger charge is 2.57. The first-order valence-electron chi connectivity index (χ1n) is 9.80. The van der Waals surface area contributed by atoms with Crippen LogP contribution in [-0.4, -0.2) is 33.5 Å². The lowest BCUT2D eigenvalue weighted by molar-refractivity contribution is 0.173. The topological polar surface area (TPSA) is 59.4 Å². The van der Waals surface area contributed by atoms with E-state index in [1.807, 2.05) is 30.3 Å². The second-order valence-electron chi connectivity index (χ2n) is 8.01. The van der Waals surface area contributed by atoms with Crippen molar-refractivity contribution in [3.8, 4) is 6.07 Å². The van der Waals surface area contributed by atoms with E-state index in [1.165, 1.54) is 12.8 Å². The summed E-state index contributed by atoms with van der Waals surface area (Å²) in [6.45, 7) is 8.48. The number of benzene rings is 1. The number of hydrogen-bond acceptors (Lipinski definition) is 2. The lowest BCUT2D eigenvalue weighted by Gasteiger charge is -2.37. The van der Waals surface area contributed by atoms with Gasteiger partial charge in [-0.25, -0.2) is 14.4 Å². The van der Waals surface area contributed by atoms with Crippen LogP contribution in [0.3, 0.4) is 0 Å². The predicted octanol–water partition coefficient (Wildman–Crippen LogP) is 4.69. The van der Waals surface area contributed by atoms with Crippen molar-refractivity contribution in [1.29, 1.82) is 5.26 Å². The molecule has 0 radical (unpaired) electrons. The molecule has 0 unspecified atom stereocenters. The van der Waals surface area contributed by atoms with Crippen LogP contribution in [0.5, 0.6) is 0 Å². The van der Waals surface area contributed by atoms with E-state index < -0.39 is 13.6 Å². The van der Waals surface area contributed by atoms with Gasteiger partial charge in [-0.2, -0.15) is 5.26 Å². The highest BCUT2D eigenvalue weighted by molar-refractivity contribution is 7.57. The van der Waals surface area contributed by atoms with Crippen molar-refractivity contribution in [3.63, 3.8) is 0 Å². The van der Waals surface area contributed by atoms with Gasteiger partial charge in [0, 0.05) is 24.2 Å². The number of fused-ring (bicyclic) bond motifs is 1. The van der Waals surface area contributed by atoms with Gasteiger partial charge in [0.25, 0.3) is 7.59 Å². The summed E-state index contributed by atoms with van der Waals surface area (Å²) in [6, 6.07) is 12.3. The first kappa shape index (κ1) is 19.6. The van der Waals surface area contributed by atoms with Crippen LogP contribution in [0, 0.1) is 11.3 Å². The molecule has 0 spiro atoms. The Morgan fingerprint density at radius 1 is 1.04 bits per heavy atom. The molecule has 1 saturated heterocycles. The zero-order valence-electron chi connectivity index (χ0n) is 16.3. The molecular weight excluding hydrogens is 343 g/mol. The van der Waals surface area contributed by atoms with Gasteiger partial charge in [-0.3, -0.25) is 4.57 Å². The predicted molar refractivity (Wildman–Crippen MR) is 106 cm³/mol. The zero-order chi connectivity index (χ0) is 18.9. The standard InChI is InChI=1S/C20H31N4OP/c1-15(2)23-19-12-8-9-13-20(19)24(16(3)4)26(23,25)22-18(14-21)17-10-6-5-7-11-17/h5-7,10-11,15-16,18-20H,8-9,12-13H2,1-4H3,(H,22,25)/t18-,19-,20-/m1/s1. The minimum Gasteiger partial charge on any atom is -0.270 e. The Morgan fingerprint density at radius 2 is 1.54 bits per heavy atom. The minimum absolute atomic E-state index is 0.165. The normalized spacial score (nSPS) is 27.4. The van der Waals surface area contributed by atoms with Gasteiger partial charge in [-0.1, -0.05) is 43.2 Å². The monoisotopic (exact) mass is 374 g/mol. The molecule has 3 rings (SSSR count). The van der Waals surface area contributed by atoms with Crippen molar-refractivity contribution in [2.24, 2.45) is 0 Å². The molecule has 2 aliphatic rings. The van der Waals surface area contributed by atoms with Gasteiger partial charge in [0.2, 0.25) is 0 Å². The molecule has 2 fully saturated rings. The lowest BCUT2D eigenvalue weighted by atomic mass is 9.89. The van der Waals surface area contributed by atoms with Gasteiger partial charge in [-0.15, -0.1) is 0 Å². The van der Waals surface area contributed by atoms with Crippen molar-refractivity contribution in [2.45, 2.75) is 83.6 Å². The Hall–Kier alpha value is -1.18. The van der Waals surface area contributed by atoms with Crippen LogP contribution in [0.4, 0.5) is 0 Å². The summed E-state index contributed by atoms with van der Waals surface area (Å²) < 4.78 is 18.9. The maximum atomic E-state index is 14.5. The highest BCUT2D eigenvalue weighted by Crippen LogP contribution is 2.63. The summed E-state index contributed by atoms with van der Waals surface area (Å²) in [7, 11) is -3.05. The average Bonchev–Trinajstić information content (AvgIpc) is 2.88. The Bertz CT molecular complexity index is 672. The van der Waals surface area contributed by atoms with Crippen molar-refractivity contribution < 1.29 is 4.57 Å². The third kappa shape index (κ3) is 3.37. The summed E-state index contributed by atoms with van der Waals surface area (Å²) in [4.78, 5) is 0. The zero-order valence-corrected chi connectivity index (χ0v) is 17.2.